The number of hydrogen-bond donors (Lipinski definition) is 1. The van der Waals surface area contributed by atoms with E-state index in [-0.39, 0.29) is 28.9 Å². The molecular formula is C23H25N3O4. The monoisotopic (exact) mass is 407 g/mol. The number of nitrogens with one attached hydrogen (secondary N) is 1. The molecule has 30 heavy (non-hydrogen) atoms. The van der Waals surface area contributed by atoms with E-state index in [0.29, 0.717) is 18.6 Å². The van der Waals surface area contributed by atoms with E-state index in [0.717, 1.165) is 29.5 Å². The number of fused-ring (bicyclic) bond motifs is 1. The van der Waals surface area contributed by atoms with Gasteiger partial charge in [0, 0.05) is 42.7 Å². The van der Waals surface area contributed by atoms with Crippen molar-refractivity contribution in [1.29, 1.82) is 0 Å². The minimum atomic E-state index is -0.377. The first kappa shape index (κ1) is 20.3. The first-order valence-electron chi connectivity index (χ1n) is 10.2. The van der Waals surface area contributed by atoms with Gasteiger partial charge in [-0.1, -0.05) is 30.3 Å². The zero-order chi connectivity index (χ0) is 20.9. The van der Waals surface area contributed by atoms with Crippen LogP contribution in [0.2, 0.25) is 0 Å². The van der Waals surface area contributed by atoms with Gasteiger partial charge in [-0.2, -0.15) is 0 Å². The number of nitrogens with zero attached hydrogens (tertiary/aromatic N) is 2. The molecule has 156 valence electrons. The Morgan fingerprint density at radius 2 is 1.90 bits per heavy atom. The number of pyridine rings is 1. The Bertz CT molecular complexity index is 1010. The fraction of sp³-hybridized carbons (Fsp3) is 0.348. The predicted molar refractivity (Wildman–Crippen MR) is 116 cm³/mol. The summed E-state index contributed by atoms with van der Waals surface area (Å²) in [5, 5.41) is 16.2. The van der Waals surface area contributed by atoms with Gasteiger partial charge in [-0.05, 0) is 37.5 Å². The van der Waals surface area contributed by atoms with Crippen LogP contribution in [0.5, 0.6) is 0 Å². The normalized spacial score (nSPS) is 16.8. The lowest BCUT2D eigenvalue weighted by Crippen LogP contribution is -2.32. The summed E-state index contributed by atoms with van der Waals surface area (Å²) >= 11 is 0. The number of hydrogen-bond acceptors (Lipinski definition) is 6. The van der Waals surface area contributed by atoms with Gasteiger partial charge in [0.05, 0.1) is 22.5 Å². The van der Waals surface area contributed by atoms with Crippen LogP contribution in [0.3, 0.4) is 0 Å². The van der Waals surface area contributed by atoms with E-state index in [1.54, 1.807) is 18.3 Å². The van der Waals surface area contributed by atoms with Gasteiger partial charge in [0.15, 0.2) is 0 Å². The molecule has 2 unspecified atom stereocenters. The van der Waals surface area contributed by atoms with E-state index in [2.05, 4.69) is 29.4 Å². The molecule has 0 spiro atoms. The molecular weight excluding hydrogens is 382 g/mol. The molecule has 1 saturated heterocycles. The number of nitro benzene ring substituents is 1. The molecule has 0 radical (unpaired) electrons. The summed E-state index contributed by atoms with van der Waals surface area (Å²) in [6.07, 6.45) is 4.92. The fourth-order valence-electron chi connectivity index (χ4n) is 3.93. The molecule has 2 heterocycles. The van der Waals surface area contributed by atoms with Crippen molar-refractivity contribution in [3.63, 3.8) is 0 Å². The Kier molecular flexibility index (Phi) is 6.21. The second-order valence-electron chi connectivity index (χ2n) is 7.52. The summed E-state index contributed by atoms with van der Waals surface area (Å²) in [5.74, 6) is 0. The van der Waals surface area contributed by atoms with Crippen LogP contribution in [0.1, 0.15) is 31.4 Å². The highest BCUT2D eigenvalue weighted by Crippen LogP contribution is 2.33. The number of nitro groups is 1. The van der Waals surface area contributed by atoms with Gasteiger partial charge in [0.1, 0.15) is 6.10 Å². The van der Waals surface area contributed by atoms with Gasteiger partial charge >= 0.3 is 0 Å². The third-order valence-corrected chi connectivity index (χ3v) is 5.46. The second-order valence-corrected chi connectivity index (χ2v) is 7.52. The second kappa shape index (κ2) is 9.19. The average molecular weight is 407 g/mol. The molecule has 1 N–H and O–H groups in total. The summed E-state index contributed by atoms with van der Waals surface area (Å²) in [6.45, 7) is 3.51. The van der Waals surface area contributed by atoms with Crippen LogP contribution in [0.15, 0.2) is 60.9 Å². The predicted octanol–water partition coefficient (Wildman–Crippen LogP) is 4.88. The van der Waals surface area contributed by atoms with Gasteiger partial charge in [0.2, 0.25) is 0 Å². The topological polar surface area (TPSA) is 86.5 Å². The van der Waals surface area contributed by atoms with Crippen molar-refractivity contribution in [3.8, 4) is 0 Å². The number of anilines is 1. The van der Waals surface area contributed by atoms with Crippen molar-refractivity contribution >= 4 is 22.1 Å². The Morgan fingerprint density at radius 3 is 2.63 bits per heavy atom. The van der Waals surface area contributed by atoms with E-state index in [9.17, 15) is 10.1 Å². The Morgan fingerprint density at radius 1 is 1.13 bits per heavy atom. The van der Waals surface area contributed by atoms with Crippen molar-refractivity contribution in [2.75, 3.05) is 18.5 Å². The summed E-state index contributed by atoms with van der Waals surface area (Å²) < 4.78 is 12.0. The highest BCUT2D eigenvalue weighted by atomic mass is 16.6. The maximum Gasteiger partial charge on any atom is 0.278 e. The molecule has 2 aromatic carbocycles. The molecule has 7 heteroatoms. The number of non-ortho nitro benzene ring substituents is 1. The molecule has 0 saturated carbocycles. The quantitative estimate of drug-likeness (QED) is 0.444. The third-order valence-electron chi connectivity index (χ3n) is 5.46. The van der Waals surface area contributed by atoms with Crippen LogP contribution >= 0.6 is 0 Å². The van der Waals surface area contributed by atoms with Crippen LogP contribution in [-0.4, -0.2) is 35.3 Å². The zero-order valence-electron chi connectivity index (χ0n) is 16.9. The number of rotatable bonds is 7. The summed E-state index contributed by atoms with van der Waals surface area (Å²) in [5.41, 5.74) is 1.97. The van der Waals surface area contributed by atoms with Gasteiger partial charge in [0.25, 0.3) is 5.69 Å². The lowest BCUT2D eigenvalue weighted by atomic mass is 10.0. The van der Waals surface area contributed by atoms with Crippen LogP contribution in [0, 0.1) is 10.1 Å². The van der Waals surface area contributed by atoms with Crippen LogP contribution in [0.4, 0.5) is 11.4 Å². The van der Waals surface area contributed by atoms with Crippen molar-refractivity contribution in [3.05, 3.63) is 76.6 Å². The number of ether oxygens (including phenoxy) is 2. The van der Waals surface area contributed by atoms with E-state index in [4.69, 9.17) is 9.47 Å². The van der Waals surface area contributed by atoms with Gasteiger partial charge in [-0.15, -0.1) is 0 Å². The lowest BCUT2D eigenvalue weighted by molar-refractivity contribution is -0.383. The Balaban J connectivity index is 1.63. The highest BCUT2D eigenvalue weighted by Gasteiger charge is 2.26. The molecule has 1 aromatic heterocycles. The largest absolute Gasteiger partial charge is 0.381 e. The highest BCUT2D eigenvalue weighted by molar-refractivity contribution is 5.99. The molecule has 0 aliphatic carbocycles. The smallest absolute Gasteiger partial charge is 0.278 e. The lowest BCUT2D eigenvalue weighted by Gasteiger charge is -2.32. The van der Waals surface area contributed by atoms with E-state index in [1.165, 1.54) is 12.3 Å². The van der Waals surface area contributed by atoms with Crippen LogP contribution in [0.25, 0.3) is 10.8 Å². The van der Waals surface area contributed by atoms with Gasteiger partial charge < -0.3 is 14.8 Å². The minimum Gasteiger partial charge on any atom is -0.381 e. The maximum absolute atomic E-state index is 11.4. The molecule has 1 aliphatic rings. The summed E-state index contributed by atoms with van der Waals surface area (Å²) in [6, 6.07) is 15.2. The molecule has 4 rings (SSSR count). The molecule has 3 aromatic rings. The number of benzene rings is 2. The zero-order valence-corrected chi connectivity index (χ0v) is 16.9. The Labute approximate surface area is 175 Å². The van der Waals surface area contributed by atoms with Crippen molar-refractivity contribution in [2.24, 2.45) is 0 Å². The fourth-order valence-corrected chi connectivity index (χ4v) is 3.93. The summed E-state index contributed by atoms with van der Waals surface area (Å²) in [4.78, 5) is 15.1. The van der Waals surface area contributed by atoms with Crippen LogP contribution in [-0.2, 0) is 9.47 Å². The minimum absolute atomic E-state index is 0.0503. The van der Waals surface area contributed by atoms with Crippen molar-refractivity contribution in [1.82, 2.24) is 4.98 Å². The van der Waals surface area contributed by atoms with E-state index >= 15 is 0 Å². The molecule has 0 amide bonds. The Hall–Kier alpha value is -3.03. The molecule has 1 aliphatic heterocycles. The van der Waals surface area contributed by atoms with E-state index in [1.807, 2.05) is 18.2 Å². The molecule has 0 bridgehead atoms. The van der Waals surface area contributed by atoms with Gasteiger partial charge in [-0.3, -0.25) is 15.1 Å². The first-order valence-corrected chi connectivity index (χ1v) is 10.2. The maximum atomic E-state index is 11.4. The first-order chi connectivity index (χ1) is 14.6. The summed E-state index contributed by atoms with van der Waals surface area (Å²) in [7, 11) is 0. The molecule has 1 fully saturated rings. The number of aromatic nitrogens is 1. The van der Waals surface area contributed by atoms with Gasteiger partial charge in [-0.25, -0.2) is 0 Å². The van der Waals surface area contributed by atoms with E-state index < -0.39 is 0 Å². The molecule has 2 atom stereocenters. The third kappa shape index (κ3) is 4.42. The average Bonchev–Trinajstić information content (AvgIpc) is 2.78. The standard InChI is InChI=1S/C23H25N3O4/c1-16(23(17-5-3-2-4-6-17)30-18-10-13-29-14-11-18)25-21-7-8-22(26(27)28)20-15-24-12-9-19(20)21/h2-9,12,15-16,18,23,25H,10-11,13-14H2,1H3. The van der Waals surface area contributed by atoms with Crippen molar-refractivity contribution in [2.45, 2.75) is 38.0 Å². The van der Waals surface area contributed by atoms with Crippen molar-refractivity contribution < 1.29 is 14.4 Å². The van der Waals surface area contributed by atoms with Crippen LogP contribution < -0.4 is 5.32 Å². The molecule has 7 nitrogen and oxygen atoms in total. The SMILES string of the molecule is CC(Nc1ccc([N+](=O)[O-])c2cnccc12)C(OC1CCOCC1)c1ccccc1.